The third kappa shape index (κ3) is 6.58. The van der Waals surface area contributed by atoms with Crippen molar-refractivity contribution in [1.82, 2.24) is 14.8 Å². The maximum absolute atomic E-state index is 12.5. The molecule has 0 saturated carbocycles. The van der Waals surface area contributed by atoms with Gasteiger partial charge in [0.2, 0.25) is 0 Å². The van der Waals surface area contributed by atoms with E-state index in [9.17, 15) is 4.79 Å². The molecule has 3 aromatic rings. The molecule has 8 heteroatoms. The summed E-state index contributed by atoms with van der Waals surface area (Å²) >= 11 is 4.82. The Kier molecular flexibility index (Phi) is 8.54. The summed E-state index contributed by atoms with van der Waals surface area (Å²) in [6, 6.07) is 17.7. The lowest BCUT2D eigenvalue weighted by molar-refractivity contribution is -0.143. The van der Waals surface area contributed by atoms with Crippen LogP contribution in [0.2, 0.25) is 0 Å². The summed E-state index contributed by atoms with van der Waals surface area (Å²) in [6.07, 6.45) is 0. The van der Waals surface area contributed by atoms with Crippen molar-refractivity contribution in [3.8, 4) is 5.75 Å². The first-order valence-electron chi connectivity index (χ1n) is 10.2. The number of carbonyl (C=O) groups excluding carboxylic acids is 1. The van der Waals surface area contributed by atoms with Crippen LogP contribution in [-0.4, -0.2) is 32.6 Å². The van der Waals surface area contributed by atoms with Gasteiger partial charge in [0.05, 0.1) is 13.2 Å². The lowest BCUT2D eigenvalue weighted by Crippen LogP contribution is -2.26. The summed E-state index contributed by atoms with van der Waals surface area (Å²) in [6.45, 7) is 7.03. The third-order valence-corrected chi connectivity index (χ3v) is 6.55. The van der Waals surface area contributed by atoms with E-state index in [1.165, 1.54) is 11.8 Å². The first kappa shape index (κ1) is 23.3. The van der Waals surface area contributed by atoms with Crippen LogP contribution < -0.4 is 4.74 Å². The van der Waals surface area contributed by atoms with E-state index in [4.69, 9.17) is 9.47 Å². The predicted octanol–water partition coefficient (Wildman–Crippen LogP) is 5.35. The average Bonchev–Trinajstić information content (AvgIpc) is 3.13. The minimum absolute atomic E-state index is 0.0911. The number of hydrogen-bond donors (Lipinski definition) is 0. The van der Waals surface area contributed by atoms with Gasteiger partial charge in [-0.05, 0) is 42.7 Å². The van der Waals surface area contributed by atoms with Gasteiger partial charge < -0.3 is 9.47 Å². The molecule has 6 nitrogen and oxygen atoms in total. The molecular weight excluding hydrogens is 478 g/mol. The molecule has 1 aromatic heterocycles. The molecule has 0 radical (unpaired) electrons. The number of halogens is 1. The maximum Gasteiger partial charge on any atom is 0.319 e. The van der Waals surface area contributed by atoms with E-state index in [0.29, 0.717) is 24.1 Å². The molecule has 2 aromatic carbocycles. The molecular formula is C23H26BrN3O3S. The Morgan fingerprint density at radius 3 is 2.45 bits per heavy atom. The van der Waals surface area contributed by atoms with Crippen LogP contribution in [0.4, 0.5) is 0 Å². The van der Waals surface area contributed by atoms with Gasteiger partial charge in [0.25, 0.3) is 0 Å². The number of rotatable bonds is 10. The molecule has 0 aliphatic heterocycles. The highest BCUT2D eigenvalue weighted by molar-refractivity contribution is 9.10. The molecule has 0 spiro atoms. The lowest BCUT2D eigenvalue weighted by Gasteiger charge is -2.19. The molecule has 31 heavy (non-hydrogen) atoms. The fraction of sp³-hybridized carbons (Fsp3) is 0.348. The van der Waals surface area contributed by atoms with E-state index >= 15 is 0 Å². The second kappa shape index (κ2) is 11.3. The third-order valence-electron chi connectivity index (χ3n) is 4.52. The zero-order chi connectivity index (χ0) is 22.2. The second-order valence-corrected chi connectivity index (χ2v) is 9.27. The van der Waals surface area contributed by atoms with Crippen molar-refractivity contribution in [1.29, 1.82) is 0 Å². The number of thioether (sulfide) groups is 1. The Hall–Kier alpha value is -2.32. The number of benzene rings is 2. The van der Waals surface area contributed by atoms with Crippen molar-refractivity contribution in [3.63, 3.8) is 0 Å². The number of hydrogen-bond acceptors (Lipinski definition) is 6. The first-order valence-corrected chi connectivity index (χ1v) is 11.8. The van der Waals surface area contributed by atoms with E-state index in [2.05, 4.69) is 38.3 Å². The monoisotopic (exact) mass is 503 g/mol. The zero-order valence-corrected chi connectivity index (χ0v) is 20.2. The predicted molar refractivity (Wildman–Crippen MR) is 125 cm³/mol. The van der Waals surface area contributed by atoms with Crippen LogP contribution in [0.1, 0.15) is 32.2 Å². The average molecular weight is 504 g/mol. The maximum atomic E-state index is 12.5. The van der Waals surface area contributed by atoms with Crippen molar-refractivity contribution in [2.24, 2.45) is 5.92 Å². The highest BCUT2D eigenvalue weighted by Crippen LogP contribution is 2.29. The first-order chi connectivity index (χ1) is 15.0. The minimum Gasteiger partial charge on any atom is -0.486 e. The molecule has 0 aliphatic rings. The molecule has 0 saturated heterocycles. The molecule has 164 valence electrons. The van der Waals surface area contributed by atoms with Gasteiger partial charge in [-0.25, -0.2) is 0 Å². The number of carbonyl (C=O) groups is 1. The fourth-order valence-electron chi connectivity index (χ4n) is 2.91. The Labute approximate surface area is 195 Å². The van der Waals surface area contributed by atoms with Gasteiger partial charge in [0.15, 0.2) is 11.0 Å². The molecule has 0 N–H and O–H groups in total. The quantitative estimate of drug-likeness (QED) is 0.274. The summed E-state index contributed by atoms with van der Waals surface area (Å²) in [7, 11) is 0. The van der Waals surface area contributed by atoms with Gasteiger partial charge >= 0.3 is 5.97 Å². The Morgan fingerprint density at radius 2 is 1.81 bits per heavy atom. The zero-order valence-electron chi connectivity index (χ0n) is 17.8. The topological polar surface area (TPSA) is 66.2 Å². The van der Waals surface area contributed by atoms with Crippen LogP contribution in [0.3, 0.4) is 0 Å². The van der Waals surface area contributed by atoms with Crippen LogP contribution in [0.25, 0.3) is 0 Å². The van der Waals surface area contributed by atoms with Crippen LogP contribution in [0, 0.1) is 5.92 Å². The van der Waals surface area contributed by atoms with Gasteiger partial charge in [0.1, 0.15) is 17.6 Å². The van der Waals surface area contributed by atoms with E-state index in [1.54, 1.807) is 0 Å². The summed E-state index contributed by atoms with van der Waals surface area (Å²) in [5.41, 5.74) is 1.12. The Morgan fingerprint density at radius 1 is 1.10 bits per heavy atom. The molecule has 0 bridgehead atoms. The number of aromatic nitrogens is 3. The number of esters is 1. The summed E-state index contributed by atoms with van der Waals surface area (Å²) in [5, 5.41) is 9.06. The Bertz CT molecular complexity index is 977. The smallest absolute Gasteiger partial charge is 0.319 e. The molecule has 1 atom stereocenters. The fourth-order valence-corrected chi connectivity index (χ4v) is 4.22. The van der Waals surface area contributed by atoms with Crippen LogP contribution in [0.15, 0.2) is 64.2 Å². The van der Waals surface area contributed by atoms with Crippen molar-refractivity contribution < 1.29 is 14.3 Å². The summed E-state index contributed by atoms with van der Waals surface area (Å²) < 4.78 is 14.2. The molecule has 0 unspecified atom stereocenters. The highest BCUT2D eigenvalue weighted by atomic mass is 79.9. The normalized spacial score (nSPS) is 12.0. The van der Waals surface area contributed by atoms with E-state index in [-0.39, 0.29) is 23.7 Å². The van der Waals surface area contributed by atoms with Gasteiger partial charge in [-0.3, -0.25) is 9.36 Å². The molecule has 0 amide bonds. The van der Waals surface area contributed by atoms with Crippen molar-refractivity contribution >= 4 is 33.7 Å². The second-order valence-electron chi connectivity index (χ2n) is 7.25. The van der Waals surface area contributed by atoms with E-state index < -0.39 is 0 Å². The molecule has 0 fully saturated rings. The molecule has 0 aliphatic carbocycles. The van der Waals surface area contributed by atoms with Crippen molar-refractivity contribution in [2.75, 3.05) is 6.61 Å². The van der Waals surface area contributed by atoms with Crippen molar-refractivity contribution in [2.45, 2.75) is 44.3 Å². The van der Waals surface area contributed by atoms with Crippen LogP contribution in [0.5, 0.6) is 5.75 Å². The number of nitrogens with zero attached hydrogens (tertiary/aromatic N) is 3. The standard InChI is InChI=1S/C23H26BrN3O3S/c1-4-29-22(28)21(16(2)3)31-23-26-25-20(15-30-19-12-10-18(24)11-13-19)27(23)14-17-8-6-5-7-9-17/h5-13,16,21H,4,14-15H2,1-3H3/t21-/m1/s1. The van der Waals surface area contributed by atoms with E-state index in [0.717, 1.165) is 15.8 Å². The lowest BCUT2D eigenvalue weighted by atomic mass is 10.1. The van der Waals surface area contributed by atoms with Gasteiger partial charge in [-0.2, -0.15) is 0 Å². The van der Waals surface area contributed by atoms with E-state index in [1.807, 2.05) is 67.8 Å². The van der Waals surface area contributed by atoms with Gasteiger partial charge in [-0.15, -0.1) is 10.2 Å². The van der Waals surface area contributed by atoms with Crippen molar-refractivity contribution in [3.05, 3.63) is 70.5 Å². The Balaban J connectivity index is 1.85. The molecule has 1 heterocycles. The minimum atomic E-state index is -0.362. The highest BCUT2D eigenvalue weighted by Gasteiger charge is 2.28. The van der Waals surface area contributed by atoms with Gasteiger partial charge in [0, 0.05) is 4.47 Å². The summed E-state index contributed by atoms with van der Waals surface area (Å²) in [4.78, 5) is 12.5. The number of ether oxygens (including phenoxy) is 2. The molecule has 3 rings (SSSR count). The van der Waals surface area contributed by atoms with Crippen LogP contribution in [-0.2, 0) is 22.7 Å². The van der Waals surface area contributed by atoms with Gasteiger partial charge in [-0.1, -0.05) is 71.9 Å². The summed E-state index contributed by atoms with van der Waals surface area (Å²) in [5.74, 6) is 1.30. The van der Waals surface area contributed by atoms with Crippen LogP contribution >= 0.6 is 27.7 Å². The largest absolute Gasteiger partial charge is 0.486 e. The SMILES string of the molecule is CCOC(=O)[C@H](Sc1nnc(COc2ccc(Br)cc2)n1Cc1ccccc1)C(C)C.